The fourth-order valence-corrected chi connectivity index (χ4v) is 4.17. The van der Waals surface area contributed by atoms with Gasteiger partial charge < -0.3 is 15.7 Å². The SMILES string of the molecule is Nc1ccc(C2(c3ccccc3)OS(=O)(=O)Oc3cc(N)ccc32)cc1. The summed E-state index contributed by atoms with van der Waals surface area (Å²) in [5.74, 6) is 0.136. The molecule has 7 heteroatoms. The van der Waals surface area contributed by atoms with E-state index in [2.05, 4.69) is 0 Å². The minimum absolute atomic E-state index is 0.136. The molecule has 1 aliphatic heterocycles. The van der Waals surface area contributed by atoms with Gasteiger partial charge in [-0.15, -0.1) is 0 Å². The number of rotatable bonds is 2. The lowest BCUT2D eigenvalue weighted by atomic mass is 9.80. The number of hydrogen-bond donors (Lipinski definition) is 2. The lowest BCUT2D eigenvalue weighted by Crippen LogP contribution is -2.40. The average Bonchev–Trinajstić information content (AvgIpc) is 2.61. The number of fused-ring (bicyclic) bond motifs is 1. The Hall–Kier alpha value is -3.03. The van der Waals surface area contributed by atoms with Crippen LogP contribution in [-0.2, 0) is 20.2 Å². The van der Waals surface area contributed by atoms with E-state index < -0.39 is 16.0 Å². The van der Waals surface area contributed by atoms with E-state index >= 15 is 0 Å². The molecule has 1 aliphatic rings. The van der Waals surface area contributed by atoms with Crippen molar-refractivity contribution in [3.8, 4) is 5.75 Å². The first-order chi connectivity index (χ1) is 12.4. The van der Waals surface area contributed by atoms with Gasteiger partial charge in [-0.05, 0) is 35.4 Å². The van der Waals surface area contributed by atoms with Crippen LogP contribution >= 0.6 is 0 Å². The molecule has 0 saturated carbocycles. The second kappa shape index (κ2) is 5.76. The fourth-order valence-electron chi connectivity index (χ4n) is 3.19. The first kappa shape index (κ1) is 16.4. The van der Waals surface area contributed by atoms with Crippen LogP contribution in [0.1, 0.15) is 16.7 Å². The van der Waals surface area contributed by atoms with E-state index in [1.165, 1.54) is 6.07 Å². The topological polar surface area (TPSA) is 105 Å². The molecule has 1 atom stereocenters. The Kier molecular flexibility index (Phi) is 3.64. The van der Waals surface area contributed by atoms with Crippen LogP contribution < -0.4 is 15.7 Å². The summed E-state index contributed by atoms with van der Waals surface area (Å²) in [5, 5.41) is 0. The third kappa shape index (κ3) is 2.58. The first-order valence-corrected chi connectivity index (χ1v) is 9.21. The zero-order valence-corrected chi connectivity index (χ0v) is 14.4. The molecule has 1 heterocycles. The summed E-state index contributed by atoms with van der Waals surface area (Å²) in [4.78, 5) is 0. The Balaban J connectivity index is 2.11. The van der Waals surface area contributed by atoms with Crippen molar-refractivity contribution in [3.05, 3.63) is 89.5 Å². The molecule has 0 fully saturated rings. The van der Waals surface area contributed by atoms with Gasteiger partial charge in [0.25, 0.3) is 0 Å². The number of anilines is 2. The van der Waals surface area contributed by atoms with Crippen LogP contribution in [0.5, 0.6) is 5.75 Å². The summed E-state index contributed by atoms with van der Waals surface area (Å²) in [7, 11) is -4.31. The first-order valence-electron chi connectivity index (χ1n) is 7.87. The fraction of sp³-hybridized carbons (Fsp3) is 0.0526. The molecule has 26 heavy (non-hydrogen) atoms. The maximum atomic E-state index is 12.4. The van der Waals surface area contributed by atoms with Crippen molar-refractivity contribution < 1.29 is 16.8 Å². The highest BCUT2D eigenvalue weighted by atomic mass is 32.3. The molecule has 0 spiro atoms. The number of benzene rings is 3. The molecule has 3 aromatic rings. The van der Waals surface area contributed by atoms with Crippen LogP contribution in [0.2, 0.25) is 0 Å². The maximum Gasteiger partial charge on any atom is 0.450 e. The summed E-state index contributed by atoms with van der Waals surface area (Å²) in [6.07, 6.45) is 0. The van der Waals surface area contributed by atoms with Gasteiger partial charge in [0.1, 0.15) is 0 Å². The summed E-state index contributed by atoms with van der Waals surface area (Å²) < 4.78 is 35.6. The molecule has 0 aromatic heterocycles. The lowest BCUT2D eigenvalue weighted by molar-refractivity contribution is 0.124. The third-order valence-corrected chi connectivity index (χ3v) is 5.14. The molecule has 4 N–H and O–H groups in total. The van der Waals surface area contributed by atoms with E-state index in [1.807, 2.05) is 18.2 Å². The predicted octanol–water partition coefficient (Wildman–Crippen LogP) is 2.80. The van der Waals surface area contributed by atoms with Crippen LogP contribution in [-0.4, -0.2) is 8.42 Å². The monoisotopic (exact) mass is 368 g/mol. The van der Waals surface area contributed by atoms with Crippen LogP contribution in [0.15, 0.2) is 72.8 Å². The zero-order valence-electron chi connectivity index (χ0n) is 13.6. The van der Waals surface area contributed by atoms with Gasteiger partial charge in [-0.3, -0.25) is 0 Å². The van der Waals surface area contributed by atoms with Gasteiger partial charge in [0.15, 0.2) is 11.4 Å². The van der Waals surface area contributed by atoms with Crippen LogP contribution in [0, 0.1) is 0 Å². The summed E-state index contributed by atoms with van der Waals surface area (Å²) in [5.41, 5.74) is 13.0. The zero-order chi connectivity index (χ0) is 18.4. The molecule has 1 unspecified atom stereocenters. The quantitative estimate of drug-likeness (QED) is 0.674. The molecule has 3 aromatic carbocycles. The molecule has 6 nitrogen and oxygen atoms in total. The standard InChI is InChI=1S/C19H16N2O4S/c20-15-8-6-14(7-9-15)19(13-4-2-1-3-5-13)17-11-10-16(21)12-18(17)24-26(22,23)25-19/h1-12H,20-21H2. The second-order valence-corrected chi connectivity index (χ2v) is 7.15. The van der Waals surface area contributed by atoms with Crippen molar-refractivity contribution in [1.29, 1.82) is 0 Å². The maximum absolute atomic E-state index is 12.4. The Morgan fingerprint density at radius 3 is 2.08 bits per heavy atom. The normalized spacial score (nSPS) is 20.8. The molecular formula is C19H16N2O4S. The largest absolute Gasteiger partial charge is 0.450 e. The van der Waals surface area contributed by atoms with Crippen molar-refractivity contribution in [3.63, 3.8) is 0 Å². The van der Waals surface area contributed by atoms with Gasteiger partial charge in [-0.25, -0.2) is 4.18 Å². The van der Waals surface area contributed by atoms with Crippen LogP contribution in [0.4, 0.5) is 11.4 Å². The van der Waals surface area contributed by atoms with Crippen molar-refractivity contribution in [2.24, 2.45) is 0 Å². The minimum atomic E-state index is -4.31. The third-order valence-electron chi connectivity index (χ3n) is 4.30. The molecule has 0 amide bonds. The van der Waals surface area contributed by atoms with Gasteiger partial charge in [0.2, 0.25) is 0 Å². The van der Waals surface area contributed by atoms with Gasteiger partial charge in [0.05, 0.1) is 0 Å². The van der Waals surface area contributed by atoms with E-state index in [0.717, 1.165) is 0 Å². The molecule has 0 bridgehead atoms. The molecule has 0 aliphatic carbocycles. The van der Waals surface area contributed by atoms with Crippen LogP contribution in [0.25, 0.3) is 0 Å². The van der Waals surface area contributed by atoms with Gasteiger partial charge in [-0.1, -0.05) is 42.5 Å². The van der Waals surface area contributed by atoms with Gasteiger partial charge in [-0.2, -0.15) is 8.42 Å². The predicted molar refractivity (Wildman–Crippen MR) is 98.7 cm³/mol. The number of nitrogen functional groups attached to an aromatic ring is 2. The Morgan fingerprint density at radius 2 is 1.38 bits per heavy atom. The average molecular weight is 368 g/mol. The van der Waals surface area contributed by atoms with Crippen molar-refractivity contribution in [2.75, 3.05) is 11.5 Å². The highest BCUT2D eigenvalue weighted by Gasteiger charge is 2.48. The molecular weight excluding hydrogens is 352 g/mol. The highest BCUT2D eigenvalue weighted by Crippen LogP contribution is 2.49. The Labute approximate surface area is 151 Å². The summed E-state index contributed by atoms with van der Waals surface area (Å²) in [6.45, 7) is 0. The van der Waals surface area contributed by atoms with E-state index in [1.54, 1.807) is 48.5 Å². The molecule has 132 valence electrons. The summed E-state index contributed by atoms with van der Waals surface area (Å²) in [6, 6.07) is 20.8. The van der Waals surface area contributed by atoms with E-state index in [0.29, 0.717) is 28.1 Å². The van der Waals surface area contributed by atoms with E-state index in [9.17, 15) is 8.42 Å². The summed E-state index contributed by atoms with van der Waals surface area (Å²) >= 11 is 0. The Morgan fingerprint density at radius 1 is 0.769 bits per heavy atom. The smallest absolute Gasteiger partial charge is 0.399 e. The lowest BCUT2D eigenvalue weighted by Gasteiger charge is -2.38. The van der Waals surface area contributed by atoms with Crippen molar-refractivity contribution in [2.45, 2.75) is 5.60 Å². The van der Waals surface area contributed by atoms with Crippen molar-refractivity contribution in [1.82, 2.24) is 0 Å². The van der Waals surface area contributed by atoms with Gasteiger partial charge >= 0.3 is 10.4 Å². The van der Waals surface area contributed by atoms with Crippen molar-refractivity contribution >= 4 is 21.8 Å². The van der Waals surface area contributed by atoms with Crippen LogP contribution in [0.3, 0.4) is 0 Å². The second-order valence-electron chi connectivity index (χ2n) is 6.00. The molecule has 0 saturated heterocycles. The highest BCUT2D eigenvalue weighted by molar-refractivity contribution is 7.82. The van der Waals surface area contributed by atoms with E-state index in [4.69, 9.17) is 19.8 Å². The molecule has 4 rings (SSSR count). The molecule has 0 radical (unpaired) electrons. The van der Waals surface area contributed by atoms with Gasteiger partial charge in [0, 0.05) is 23.0 Å². The minimum Gasteiger partial charge on any atom is -0.399 e. The van der Waals surface area contributed by atoms with E-state index in [-0.39, 0.29) is 5.75 Å². The Bertz CT molecular complexity index is 1070. The number of hydrogen-bond acceptors (Lipinski definition) is 6. The number of nitrogens with two attached hydrogens (primary N) is 2.